The zero-order valence-electron chi connectivity index (χ0n) is 12.7. The Kier molecular flexibility index (Phi) is 4.28. The second-order valence-electron chi connectivity index (χ2n) is 4.80. The van der Waals surface area contributed by atoms with E-state index in [1.165, 1.54) is 19.2 Å². The van der Waals surface area contributed by atoms with Crippen LogP contribution in [0.25, 0.3) is 11.3 Å². The van der Waals surface area contributed by atoms with Crippen LogP contribution in [-0.4, -0.2) is 33.4 Å². The number of benzene rings is 1. The lowest BCUT2D eigenvalue weighted by atomic mass is 10.1. The fourth-order valence-electron chi connectivity index (χ4n) is 1.97. The number of H-pyrrole nitrogens is 1. The van der Waals surface area contributed by atoms with Crippen molar-refractivity contribution >= 4 is 11.6 Å². The quantitative estimate of drug-likeness (QED) is 0.752. The first kappa shape index (κ1) is 15.3. The van der Waals surface area contributed by atoms with E-state index in [0.717, 1.165) is 5.56 Å². The van der Waals surface area contributed by atoms with E-state index in [2.05, 4.69) is 25.7 Å². The number of hydrogen-bond acceptors (Lipinski definition) is 6. The van der Waals surface area contributed by atoms with Crippen LogP contribution in [0.3, 0.4) is 0 Å². The van der Waals surface area contributed by atoms with E-state index in [1.54, 1.807) is 36.4 Å². The average molecular weight is 323 g/mol. The number of ether oxygens (including phenoxy) is 1. The van der Waals surface area contributed by atoms with Crippen molar-refractivity contribution in [2.45, 2.75) is 0 Å². The highest BCUT2D eigenvalue weighted by molar-refractivity contribution is 6.02. The van der Waals surface area contributed by atoms with Crippen LogP contribution in [0.5, 0.6) is 5.88 Å². The third-order valence-corrected chi connectivity index (χ3v) is 3.20. The Morgan fingerprint density at radius 2 is 1.83 bits per heavy atom. The minimum Gasteiger partial charge on any atom is -0.480 e. The van der Waals surface area contributed by atoms with Crippen molar-refractivity contribution in [2.75, 3.05) is 12.4 Å². The predicted molar refractivity (Wildman–Crippen MR) is 86.8 cm³/mol. The van der Waals surface area contributed by atoms with Gasteiger partial charge in [-0.1, -0.05) is 12.1 Å². The summed E-state index contributed by atoms with van der Waals surface area (Å²) in [6.07, 6.45) is 0. The molecule has 0 saturated heterocycles. The van der Waals surface area contributed by atoms with Crippen molar-refractivity contribution in [3.63, 3.8) is 0 Å². The molecule has 3 rings (SSSR count). The summed E-state index contributed by atoms with van der Waals surface area (Å²) in [6.45, 7) is 0. The second kappa shape index (κ2) is 6.69. The summed E-state index contributed by atoms with van der Waals surface area (Å²) in [5, 5.41) is 16.6. The van der Waals surface area contributed by atoms with Crippen LogP contribution < -0.4 is 15.6 Å². The molecule has 24 heavy (non-hydrogen) atoms. The number of carbonyl (C=O) groups excluding carboxylic acids is 1. The number of hydrogen-bond donors (Lipinski definition) is 2. The van der Waals surface area contributed by atoms with Crippen molar-refractivity contribution in [3.8, 4) is 17.1 Å². The zero-order valence-corrected chi connectivity index (χ0v) is 12.7. The molecule has 0 fully saturated rings. The van der Waals surface area contributed by atoms with E-state index >= 15 is 0 Å². The van der Waals surface area contributed by atoms with Gasteiger partial charge in [-0.3, -0.25) is 9.59 Å². The molecule has 8 nitrogen and oxygen atoms in total. The van der Waals surface area contributed by atoms with Gasteiger partial charge in [-0.15, -0.1) is 10.2 Å². The Bertz CT molecular complexity index is 884. The molecule has 0 aliphatic carbocycles. The van der Waals surface area contributed by atoms with Gasteiger partial charge in [0.25, 0.3) is 11.5 Å². The number of rotatable bonds is 4. The number of nitrogens with zero attached hydrogens (tertiary/aromatic N) is 3. The molecule has 1 aromatic carbocycles. The Balaban J connectivity index is 1.72. The van der Waals surface area contributed by atoms with E-state index in [9.17, 15) is 9.59 Å². The topological polar surface area (TPSA) is 110 Å². The minimum absolute atomic E-state index is 0.183. The fraction of sp³-hybridized carbons (Fsp3) is 0.0625. The van der Waals surface area contributed by atoms with Crippen molar-refractivity contribution in [2.24, 2.45) is 0 Å². The highest BCUT2D eigenvalue weighted by Gasteiger charge is 2.09. The number of nitrogens with one attached hydrogen (secondary N) is 2. The summed E-state index contributed by atoms with van der Waals surface area (Å²) in [4.78, 5) is 23.1. The largest absolute Gasteiger partial charge is 0.480 e. The van der Waals surface area contributed by atoms with Gasteiger partial charge in [0.05, 0.1) is 12.8 Å². The molecule has 0 spiro atoms. The van der Waals surface area contributed by atoms with Crippen LogP contribution in [-0.2, 0) is 0 Å². The first-order chi connectivity index (χ1) is 11.7. The second-order valence-corrected chi connectivity index (χ2v) is 4.80. The maximum absolute atomic E-state index is 12.1. The van der Waals surface area contributed by atoms with Gasteiger partial charge in [0.1, 0.15) is 0 Å². The number of anilines is 1. The summed E-state index contributed by atoms with van der Waals surface area (Å²) in [6, 6.07) is 13.2. The lowest BCUT2D eigenvalue weighted by Crippen LogP contribution is -2.14. The fourth-order valence-corrected chi connectivity index (χ4v) is 1.97. The predicted octanol–water partition coefficient (Wildman–Crippen LogP) is 1.49. The normalized spacial score (nSPS) is 10.2. The number of carbonyl (C=O) groups is 1. The Morgan fingerprint density at radius 1 is 1.04 bits per heavy atom. The first-order valence-corrected chi connectivity index (χ1v) is 7.01. The van der Waals surface area contributed by atoms with E-state index in [1.807, 2.05) is 0 Å². The number of amides is 1. The van der Waals surface area contributed by atoms with Crippen molar-refractivity contribution < 1.29 is 9.53 Å². The summed E-state index contributed by atoms with van der Waals surface area (Å²) in [5.74, 6) is -0.0376. The molecule has 1 amide bonds. The van der Waals surface area contributed by atoms with Crippen LogP contribution in [0.1, 0.15) is 10.5 Å². The molecule has 0 saturated carbocycles. The molecule has 0 aliphatic rings. The molecule has 0 unspecified atom stereocenters. The summed E-state index contributed by atoms with van der Waals surface area (Å²) in [5.41, 5.74) is 1.97. The molecule has 0 radical (unpaired) electrons. The van der Waals surface area contributed by atoms with Gasteiger partial charge >= 0.3 is 0 Å². The van der Waals surface area contributed by atoms with Gasteiger partial charge in [-0.2, -0.15) is 5.10 Å². The van der Waals surface area contributed by atoms with E-state index in [0.29, 0.717) is 17.3 Å². The van der Waals surface area contributed by atoms with Crippen molar-refractivity contribution in [1.82, 2.24) is 20.4 Å². The highest BCUT2D eigenvalue weighted by Crippen LogP contribution is 2.18. The number of methoxy groups -OCH3 is 1. The van der Waals surface area contributed by atoms with E-state index in [4.69, 9.17) is 4.74 Å². The van der Waals surface area contributed by atoms with Crippen LogP contribution >= 0.6 is 0 Å². The van der Waals surface area contributed by atoms with Gasteiger partial charge in [0.2, 0.25) is 5.88 Å². The maximum Gasteiger partial charge on any atom is 0.276 e. The van der Waals surface area contributed by atoms with Crippen LogP contribution in [0.2, 0.25) is 0 Å². The molecule has 2 aromatic heterocycles. The molecule has 120 valence electrons. The van der Waals surface area contributed by atoms with Crippen LogP contribution in [0.4, 0.5) is 5.69 Å². The zero-order chi connectivity index (χ0) is 16.9. The van der Waals surface area contributed by atoms with Crippen LogP contribution in [0.15, 0.2) is 53.3 Å². The van der Waals surface area contributed by atoms with E-state index in [-0.39, 0.29) is 17.2 Å². The van der Waals surface area contributed by atoms with Crippen molar-refractivity contribution in [3.05, 3.63) is 64.6 Å². The summed E-state index contributed by atoms with van der Waals surface area (Å²) in [7, 11) is 1.47. The van der Waals surface area contributed by atoms with E-state index < -0.39 is 0 Å². The lowest BCUT2D eigenvalue weighted by molar-refractivity contribution is 0.102. The highest BCUT2D eigenvalue weighted by atomic mass is 16.5. The molecule has 3 aromatic rings. The number of aromatic nitrogens is 4. The molecule has 0 bridgehead atoms. The smallest absolute Gasteiger partial charge is 0.276 e. The monoisotopic (exact) mass is 323 g/mol. The first-order valence-electron chi connectivity index (χ1n) is 7.01. The molecule has 0 aliphatic heterocycles. The third kappa shape index (κ3) is 3.43. The average Bonchev–Trinajstić information content (AvgIpc) is 2.63. The SMILES string of the molecule is COc1ccc(C(=O)Nc2ccc(-c3ccc(=O)[nH]n3)cc2)nn1. The van der Waals surface area contributed by atoms with Crippen LogP contribution in [0, 0.1) is 0 Å². The summed E-state index contributed by atoms with van der Waals surface area (Å²) < 4.78 is 4.90. The Labute approximate surface area is 136 Å². The molecule has 2 heterocycles. The number of aromatic amines is 1. The molecular formula is C16H13N5O3. The molecular weight excluding hydrogens is 310 g/mol. The van der Waals surface area contributed by atoms with Gasteiger partial charge in [-0.05, 0) is 24.3 Å². The Hall–Kier alpha value is -3.55. The van der Waals surface area contributed by atoms with Gasteiger partial charge in [-0.25, -0.2) is 5.10 Å². The van der Waals surface area contributed by atoms with Gasteiger partial charge in [0, 0.05) is 23.4 Å². The van der Waals surface area contributed by atoms with Gasteiger partial charge < -0.3 is 10.1 Å². The minimum atomic E-state index is -0.375. The summed E-state index contributed by atoms with van der Waals surface area (Å²) >= 11 is 0. The maximum atomic E-state index is 12.1. The lowest BCUT2D eigenvalue weighted by Gasteiger charge is -2.06. The van der Waals surface area contributed by atoms with Gasteiger partial charge in [0.15, 0.2) is 5.69 Å². The molecule has 8 heteroatoms. The third-order valence-electron chi connectivity index (χ3n) is 3.20. The standard InChI is InChI=1S/C16H13N5O3/c1-24-15-9-7-13(19-21-15)16(23)17-11-4-2-10(3-5-11)12-6-8-14(22)20-18-12/h2-9H,1H3,(H,17,23)(H,20,22). The van der Waals surface area contributed by atoms with Crippen molar-refractivity contribution in [1.29, 1.82) is 0 Å². The molecule has 0 atom stereocenters. The molecule has 2 N–H and O–H groups in total. The Morgan fingerprint density at radius 3 is 2.42 bits per heavy atom.